The predicted molar refractivity (Wildman–Crippen MR) is 105 cm³/mol. The highest BCUT2D eigenvalue weighted by atomic mass is 16.5. The quantitative estimate of drug-likeness (QED) is 0.577. The van der Waals surface area contributed by atoms with Crippen molar-refractivity contribution in [3.8, 4) is 0 Å². The number of rotatable bonds is 6. The largest absolute Gasteiger partial charge is 0.364 e. The zero-order chi connectivity index (χ0) is 18.0. The number of aryl methyl sites for hydroxylation is 1. The maximum absolute atomic E-state index is 5.48. The van der Waals surface area contributed by atoms with Crippen LogP contribution < -0.4 is 0 Å². The Bertz CT molecular complexity index is 760. The Labute approximate surface area is 151 Å². The molecule has 3 rings (SSSR count). The molecule has 0 radical (unpaired) electrons. The molecule has 2 aromatic rings. The van der Waals surface area contributed by atoms with Gasteiger partial charge in [-0.1, -0.05) is 32.4 Å². The van der Waals surface area contributed by atoms with Crippen molar-refractivity contribution in [2.24, 2.45) is 10.9 Å². The first kappa shape index (κ1) is 18.0. The summed E-state index contributed by atoms with van der Waals surface area (Å²) in [5.74, 6) is 0.588. The number of benzene rings is 1. The molecule has 1 unspecified atom stereocenters. The third kappa shape index (κ3) is 3.59. The van der Waals surface area contributed by atoms with E-state index in [1.165, 1.54) is 27.7 Å². The second-order valence-electron chi connectivity index (χ2n) is 7.50. The van der Waals surface area contributed by atoms with Gasteiger partial charge >= 0.3 is 0 Å². The summed E-state index contributed by atoms with van der Waals surface area (Å²) in [7, 11) is 1.77. The van der Waals surface area contributed by atoms with Gasteiger partial charge in [0.1, 0.15) is 6.73 Å². The van der Waals surface area contributed by atoms with Crippen molar-refractivity contribution in [1.82, 2.24) is 9.47 Å². The summed E-state index contributed by atoms with van der Waals surface area (Å²) < 4.78 is 7.81. The van der Waals surface area contributed by atoms with E-state index < -0.39 is 0 Å². The molecule has 25 heavy (non-hydrogen) atoms. The van der Waals surface area contributed by atoms with Gasteiger partial charge in [0.05, 0.1) is 24.4 Å². The van der Waals surface area contributed by atoms with Gasteiger partial charge in [0, 0.05) is 24.7 Å². The number of aromatic nitrogens is 1. The van der Waals surface area contributed by atoms with Gasteiger partial charge in [-0.05, 0) is 43.4 Å². The van der Waals surface area contributed by atoms with Crippen LogP contribution in [0.15, 0.2) is 23.2 Å². The Morgan fingerprint density at radius 2 is 2.12 bits per heavy atom. The topological polar surface area (TPSA) is 29.8 Å². The lowest BCUT2D eigenvalue weighted by molar-refractivity contribution is 0.130. The van der Waals surface area contributed by atoms with Crippen molar-refractivity contribution in [2.45, 2.75) is 59.9 Å². The fourth-order valence-corrected chi connectivity index (χ4v) is 3.88. The molecule has 0 N–H and O–H groups in total. The van der Waals surface area contributed by atoms with Crippen LogP contribution in [0.5, 0.6) is 0 Å². The van der Waals surface area contributed by atoms with E-state index in [0.717, 1.165) is 25.9 Å². The zero-order valence-electron chi connectivity index (χ0n) is 16.2. The maximum atomic E-state index is 5.48. The molecule has 1 aliphatic rings. The summed E-state index contributed by atoms with van der Waals surface area (Å²) in [6.07, 6.45) is 4.24. The molecule has 4 heteroatoms. The lowest BCUT2D eigenvalue weighted by Crippen LogP contribution is -2.31. The minimum atomic E-state index is 0.411. The van der Waals surface area contributed by atoms with Gasteiger partial charge in [-0.2, -0.15) is 0 Å². The van der Waals surface area contributed by atoms with Gasteiger partial charge in [-0.25, -0.2) is 0 Å². The van der Waals surface area contributed by atoms with E-state index >= 15 is 0 Å². The summed E-state index contributed by atoms with van der Waals surface area (Å²) in [6, 6.07) is 7.14. The number of methoxy groups -OCH3 is 1. The second kappa shape index (κ2) is 7.61. The van der Waals surface area contributed by atoms with Gasteiger partial charge in [0.25, 0.3) is 0 Å². The monoisotopic (exact) mass is 341 g/mol. The molecule has 0 saturated heterocycles. The van der Waals surface area contributed by atoms with Gasteiger partial charge in [-0.3, -0.25) is 4.99 Å². The zero-order valence-corrected chi connectivity index (χ0v) is 16.2. The lowest BCUT2D eigenvalue weighted by Gasteiger charge is -2.27. The summed E-state index contributed by atoms with van der Waals surface area (Å²) in [6.45, 7) is 11.4. The Hall–Kier alpha value is -1.81. The highest BCUT2D eigenvalue weighted by Crippen LogP contribution is 2.31. The summed E-state index contributed by atoms with van der Waals surface area (Å²) in [5, 5.41) is 1.39. The van der Waals surface area contributed by atoms with E-state index in [9.17, 15) is 0 Å². The molecule has 0 saturated carbocycles. The molecular weight excluding hydrogens is 310 g/mol. The number of aliphatic imine (C=N–C) groups is 1. The normalized spacial score (nSPS) is 16.2. The Kier molecular flexibility index (Phi) is 5.48. The van der Waals surface area contributed by atoms with E-state index in [0.29, 0.717) is 18.7 Å². The summed E-state index contributed by atoms with van der Waals surface area (Å²) in [4.78, 5) is 7.19. The number of hydrogen-bond donors (Lipinski definition) is 0. The molecule has 1 aromatic carbocycles. The van der Waals surface area contributed by atoms with Gasteiger partial charge in [0.15, 0.2) is 0 Å². The van der Waals surface area contributed by atoms with Crippen LogP contribution in [0, 0.1) is 12.8 Å². The van der Waals surface area contributed by atoms with Crippen LogP contribution in [0.4, 0.5) is 0 Å². The van der Waals surface area contributed by atoms with E-state index in [2.05, 4.69) is 61.7 Å². The van der Waals surface area contributed by atoms with Crippen LogP contribution in [0.25, 0.3) is 10.9 Å². The molecule has 0 amide bonds. The van der Waals surface area contributed by atoms with Crippen molar-refractivity contribution < 1.29 is 4.74 Å². The number of fused-ring (bicyclic) bond motifs is 3. The minimum Gasteiger partial charge on any atom is -0.364 e. The van der Waals surface area contributed by atoms with Gasteiger partial charge < -0.3 is 14.2 Å². The number of ether oxygens (including phenoxy) is 1. The molecule has 0 bridgehead atoms. The van der Waals surface area contributed by atoms with E-state index in [1.807, 2.05) is 0 Å². The molecule has 0 fully saturated rings. The molecule has 1 aliphatic heterocycles. The SMILES string of the molecule is CCC(N=CN1CCc2c(n(COC)c3ccc(C)cc23)C1)C(C)C. The van der Waals surface area contributed by atoms with Gasteiger partial charge in [-0.15, -0.1) is 0 Å². The highest BCUT2D eigenvalue weighted by Gasteiger charge is 2.23. The van der Waals surface area contributed by atoms with Crippen LogP contribution in [0.2, 0.25) is 0 Å². The third-order valence-electron chi connectivity index (χ3n) is 5.31. The molecule has 136 valence electrons. The Morgan fingerprint density at radius 3 is 2.80 bits per heavy atom. The van der Waals surface area contributed by atoms with E-state index in [1.54, 1.807) is 7.11 Å². The molecule has 1 aromatic heterocycles. The maximum Gasteiger partial charge on any atom is 0.122 e. The highest BCUT2D eigenvalue weighted by molar-refractivity contribution is 5.86. The Morgan fingerprint density at radius 1 is 1.32 bits per heavy atom. The lowest BCUT2D eigenvalue weighted by atomic mass is 10.0. The van der Waals surface area contributed by atoms with Crippen molar-refractivity contribution in [3.63, 3.8) is 0 Å². The fourth-order valence-electron chi connectivity index (χ4n) is 3.88. The standard InChI is InChI=1S/C21H31N3O/c1-6-19(15(2)3)22-13-23-10-9-17-18-11-16(4)7-8-20(18)24(14-25-5)21(17)12-23/h7-8,11,13,15,19H,6,9-10,12,14H2,1-5H3. The average molecular weight is 341 g/mol. The van der Waals surface area contributed by atoms with Crippen molar-refractivity contribution in [2.75, 3.05) is 13.7 Å². The first-order valence-corrected chi connectivity index (χ1v) is 9.42. The van der Waals surface area contributed by atoms with Crippen LogP contribution in [-0.2, 0) is 24.4 Å². The molecule has 2 heterocycles. The average Bonchev–Trinajstić information content (AvgIpc) is 2.88. The van der Waals surface area contributed by atoms with Crippen molar-refractivity contribution in [3.05, 3.63) is 35.0 Å². The van der Waals surface area contributed by atoms with Crippen molar-refractivity contribution in [1.29, 1.82) is 0 Å². The molecule has 0 spiro atoms. The smallest absolute Gasteiger partial charge is 0.122 e. The minimum absolute atomic E-state index is 0.411. The van der Waals surface area contributed by atoms with Crippen molar-refractivity contribution >= 4 is 17.2 Å². The van der Waals surface area contributed by atoms with Crippen LogP contribution in [-0.4, -0.2) is 35.5 Å². The third-order valence-corrected chi connectivity index (χ3v) is 5.31. The summed E-state index contributed by atoms with van der Waals surface area (Å²) in [5.41, 5.74) is 5.45. The van der Waals surface area contributed by atoms with Gasteiger partial charge in [0.2, 0.25) is 0 Å². The molecule has 0 aliphatic carbocycles. The number of nitrogens with zero attached hydrogens (tertiary/aromatic N) is 3. The molecular formula is C21H31N3O. The van der Waals surface area contributed by atoms with Crippen LogP contribution >= 0.6 is 0 Å². The van der Waals surface area contributed by atoms with Crippen LogP contribution in [0.1, 0.15) is 44.0 Å². The van der Waals surface area contributed by atoms with E-state index in [4.69, 9.17) is 9.73 Å². The molecule has 4 nitrogen and oxygen atoms in total. The predicted octanol–water partition coefficient (Wildman–Crippen LogP) is 4.37. The molecule has 1 atom stereocenters. The van der Waals surface area contributed by atoms with Crippen LogP contribution in [0.3, 0.4) is 0 Å². The first-order chi connectivity index (χ1) is 12.0. The fraction of sp³-hybridized carbons (Fsp3) is 0.571. The summed E-state index contributed by atoms with van der Waals surface area (Å²) >= 11 is 0. The first-order valence-electron chi connectivity index (χ1n) is 9.42. The van der Waals surface area contributed by atoms with E-state index in [-0.39, 0.29) is 0 Å². The number of hydrogen-bond acceptors (Lipinski definition) is 2. The Balaban J connectivity index is 1.92. The second-order valence-corrected chi connectivity index (χ2v) is 7.50.